The molecule has 108 valence electrons. The van der Waals surface area contributed by atoms with Gasteiger partial charge in [-0.05, 0) is 30.2 Å². The molecule has 0 bridgehead atoms. The fraction of sp³-hybridized carbons (Fsp3) is 0.294. The van der Waals surface area contributed by atoms with Gasteiger partial charge in [0.05, 0.1) is 18.1 Å². The number of quaternary nitrogens is 1. The molecule has 0 heterocycles. The smallest absolute Gasteiger partial charge is 0.141 e. The van der Waals surface area contributed by atoms with Crippen molar-refractivity contribution in [1.82, 2.24) is 0 Å². The summed E-state index contributed by atoms with van der Waals surface area (Å²) in [7, 11) is 0. The monoisotopic (exact) mass is 292 g/mol. The molecule has 0 unspecified atom stereocenters. The minimum absolute atomic E-state index is 0.616. The van der Waals surface area contributed by atoms with Crippen LogP contribution in [0.4, 0.5) is 0 Å². The standard InChI is InChI=1S/C17H22ClNO/c1-4-8-15-9-7-10-16(18)17(15)20-14-13-19(11-5-2)12-6-3/h4-7,9-10H,1-3,8,11-14H2/p+1. The van der Waals surface area contributed by atoms with Crippen LogP contribution < -0.4 is 9.64 Å². The number of hydrogen-bond acceptors (Lipinski definition) is 1. The molecule has 0 aromatic heterocycles. The van der Waals surface area contributed by atoms with E-state index in [1.807, 2.05) is 36.4 Å². The zero-order chi connectivity index (χ0) is 14.8. The Morgan fingerprint density at radius 3 is 2.40 bits per heavy atom. The highest BCUT2D eigenvalue weighted by Gasteiger charge is 2.09. The second-order valence-electron chi connectivity index (χ2n) is 4.55. The molecule has 0 atom stereocenters. The largest absolute Gasteiger partial charge is 0.486 e. The molecule has 0 saturated carbocycles. The van der Waals surface area contributed by atoms with Gasteiger partial charge in [-0.2, -0.15) is 0 Å². The highest BCUT2D eigenvalue weighted by atomic mass is 35.5. The SMILES string of the molecule is C=CCc1cccc(Cl)c1OCC[NH+](CC=C)CC=C. The highest BCUT2D eigenvalue weighted by molar-refractivity contribution is 6.32. The number of halogens is 1. The Morgan fingerprint density at radius 2 is 1.80 bits per heavy atom. The Kier molecular flexibility index (Phi) is 7.78. The van der Waals surface area contributed by atoms with E-state index in [4.69, 9.17) is 16.3 Å². The molecule has 0 fully saturated rings. The van der Waals surface area contributed by atoms with Gasteiger partial charge in [0.25, 0.3) is 0 Å². The summed E-state index contributed by atoms with van der Waals surface area (Å²) in [5, 5.41) is 0.651. The van der Waals surface area contributed by atoms with Crippen LogP contribution in [0, 0.1) is 0 Å². The second kappa shape index (κ2) is 9.40. The van der Waals surface area contributed by atoms with Gasteiger partial charge >= 0.3 is 0 Å². The normalized spacial score (nSPS) is 10.3. The molecule has 0 aliphatic rings. The van der Waals surface area contributed by atoms with Crippen LogP contribution >= 0.6 is 11.6 Å². The lowest BCUT2D eigenvalue weighted by molar-refractivity contribution is -0.888. The first-order valence-corrected chi connectivity index (χ1v) is 7.17. The quantitative estimate of drug-likeness (QED) is 0.655. The van der Waals surface area contributed by atoms with E-state index in [9.17, 15) is 0 Å². The van der Waals surface area contributed by atoms with Crippen LogP contribution in [-0.2, 0) is 6.42 Å². The van der Waals surface area contributed by atoms with Crippen LogP contribution in [-0.4, -0.2) is 26.2 Å². The lowest BCUT2D eigenvalue weighted by atomic mass is 10.1. The van der Waals surface area contributed by atoms with Gasteiger partial charge in [0, 0.05) is 0 Å². The first kappa shape index (κ1) is 16.5. The van der Waals surface area contributed by atoms with Crippen molar-refractivity contribution in [1.29, 1.82) is 0 Å². The highest BCUT2D eigenvalue weighted by Crippen LogP contribution is 2.28. The molecular weight excluding hydrogens is 270 g/mol. The van der Waals surface area contributed by atoms with Crippen molar-refractivity contribution in [2.75, 3.05) is 26.2 Å². The molecule has 1 rings (SSSR count). The molecule has 0 amide bonds. The minimum atomic E-state index is 0.616. The van der Waals surface area contributed by atoms with Crippen molar-refractivity contribution < 1.29 is 9.64 Å². The molecule has 1 N–H and O–H groups in total. The fourth-order valence-corrected chi connectivity index (χ4v) is 2.27. The van der Waals surface area contributed by atoms with Crippen molar-refractivity contribution in [3.05, 3.63) is 66.8 Å². The van der Waals surface area contributed by atoms with Crippen molar-refractivity contribution >= 4 is 11.6 Å². The summed E-state index contributed by atoms with van der Waals surface area (Å²) in [4.78, 5) is 1.37. The number of benzene rings is 1. The van der Waals surface area contributed by atoms with Gasteiger partial charge in [-0.25, -0.2) is 0 Å². The number of rotatable bonds is 10. The fourth-order valence-electron chi connectivity index (χ4n) is 2.02. The van der Waals surface area contributed by atoms with Gasteiger partial charge < -0.3 is 9.64 Å². The summed E-state index contributed by atoms with van der Waals surface area (Å²) in [6.07, 6.45) is 6.44. The van der Waals surface area contributed by atoms with E-state index in [-0.39, 0.29) is 0 Å². The third-order valence-electron chi connectivity index (χ3n) is 2.98. The van der Waals surface area contributed by atoms with Gasteiger partial charge in [0.15, 0.2) is 0 Å². The van der Waals surface area contributed by atoms with E-state index in [0.29, 0.717) is 11.6 Å². The summed E-state index contributed by atoms with van der Waals surface area (Å²) in [5.41, 5.74) is 1.07. The molecule has 0 aliphatic carbocycles. The van der Waals surface area contributed by atoms with Crippen LogP contribution in [0.2, 0.25) is 5.02 Å². The lowest BCUT2D eigenvalue weighted by Gasteiger charge is -2.17. The number of nitrogens with one attached hydrogen (secondary N) is 1. The molecule has 0 saturated heterocycles. The molecule has 20 heavy (non-hydrogen) atoms. The Morgan fingerprint density at radius 1 is 1.10 bits per heavy atom. The first-order chi connectivity index (χ1) is 9.72. The maximum atomic E-state index is 6.20. The van der Waals surface area contributed by atoms with Crippen LogP contribution in [0.25, 0.3) is 0 Å². The predicted octanol–water partition coefficient (Wildman–Crippen LogP) is 2.70. The van der Waals surface area contributed by atoms with E-state index in [0.717, 1.165) is 37.4 Å². The van der Waals surface area contributed by atoms with Crippen molar-refractivity contribution in [3.8, 4) is 5.75 Å². The Hall–Kier alpha value is -1.51. The molecule has 2 nitrogen and oxygen atoms in total. The summed E-state index contributed by atoms with van der Waals surface area (Å²) in [6, 6.07) is 5.80. The molecule has 3 heteroatoms. The molecule has 0 spiro atoms. The Balaban J connectivity index is 2.62. The van der Waals surface area contributed by atoms with Crippen LogP contribution in [0.1, 0.15) is 5.56 Å². The van der Waals surface area contributed by atoms with Crippen molar-refractivity contribution in [2.45, 2.75) is 6.42 Å². The second-order valence-corrected chi connectivity index (χ2v) is 4.96. The van der Waals surface area contributed by atoms with Crippen LogP contribution in [0.3, 0.4) is 0 Å². The topological polar surface area (TPSA) is 13.7 Å². The lowest BCUT2D eigenvalue weighted by Crippen LogP contribution is -3.12. The van der Waals surface area contributed by atoms with Crippen LogP contribution in [0.15, 0.2) is 56.2 Å². The van der Waals surface area contributed by atoms with E-state index in [1.165, 1.54) is 4.90 Å². The summed E-state index contributed by atoms with van der Waals surface area (Å²) < 4.78 is 5.87. The van der Waals surface area contributed by atoms with Gasteiger partial charge in [-0.15, -0.1) is 6.58 Å². The molecule has 1 aromatic rings. The van der Waals surface area contributed by atoms with Gasteiger partial charge in [0.2, 0.25) is 0 Å². The van der Waals surface area contributed by atoms with Gasteiger partial charge in [-0.1, -0.05) is 43.0 Å². The van der Waals surface area contributed by atoms with Crippen molar-refractivity contribution in [2.24, 2.45) is 0 Å². The zero-order valence-corrected chi connectivity index (χ0v) is 12.7. The molecule has 0 aliphatic heterocycles. The summed E-state index contributed by atoms with van der Waals surface area (Å²) in [5.74, 6) is 0.769. The number of para-hydroxylation sites is 1. The first-order valence-electron chi connectivity index (χ1n) is 6.79. The number of ether oxygens (including phenoxy) is 1. The van der Waals surface area contributed by atoms with E-state index < -0.39 is 0 Å². The third kappa shape index (κ3) is 5.24. The number of allylic oxidation sites excluding steroid dienone is 1. The van der Waals surface area contributed by atoms with E-state index >= 15 is 0 Å². The predicted molar refractivity (Wildman–Crippen MR) is 86.8 cm³/mol. The minimum Gasteiger partial charge on any atom is -0.486 e. The molecule has 1 aromatic carbocycles. The van der Waals surface area contributed by atoms with Gasteiger partial charge in [0.1, 0.15) is 18.9 Å². The zero-order valence-electron chi connectivity index (χ0n) is 11.9. The average Bonchev–Trinajstić information content (AvgIpc) is 2.42. The summed E-state index contributed by atoms with van der Waals surface area (Å²) in [6.45, 7) is 14.6. The number of hydrogen-bond donors (Lipinski definition) is 1. The summed E-state index contributed by atoms with van der Waals surface area (Å²) >= 11 is 6.20. The van der Waals surface area contributed by atoms with E-state index in [2.05, 4.69) is 19.7 Å². The van der Waals surface area contributed by atoms with Gasteiger partial charge in [-0.3, -0.25) is 0 Å². The maximum absolute atomic E-state index is 6.20. The third-order valence-corrected chi connectivity index (χ3v) is 3.28. The van der Waals surface area contributed by atoms with Crippen molar-refractivity contribution in [3.63, 3.8) is 0 Å². The average molecular weight is 293 g/mol. The Labute approximate surface area is 127 Å². The van der Waals surface area contributed by atoms with Crippen LogP contribution in [0.5, 0.6) is 5.75 Å². The van der Waals surface area contributed by atoms with E-state index in [1.54, 1.807) is 0 Å². The Bertz CT molecular complexity index is 446. The molecule has 0 radical (unpaired) electrons. The molecular formula is C17H23ClNO+. The maximum Gasteiger partial charge on any atom is 0.141 e.